The number of benzene rings is 2. The molecule has 2 aromatic carbocycles. The number of para-hydroxylation sites is 1. The average Bonchev–Trinajstić information content (AvgIpc) is 3.16. The van der Waals surface area contributed by atoms with Crippen LogP contribution in [0.2, 0.25) is 0 Å². The summed E-state index contributed by atoms with van der Waals surface area (Å²) in [5, 5.41) is 35.1. The standard InChI is InChI=1S/C18H18BN7O3S/c1-10-22-17(16-13-6-3-7-14(30(20)29)15(13)25-26-16)24-18(23-10)21-9-11-4-2-5-12(8-11)19(27)28/h2-8,27-28H,9,20H2,1H3,(H,25,26)(H,21,22,23,24). The van der Waals surface area contributed by atoms with Gasteiger partial charge in [-0.3, -0.25) is 5.10 Å². The van der Waals surface area contributed by atoms with Crippen molar-refractivity contribution < 1.29 is 14.3 Å². The van der Waals surface area contributed by atoms with E-state index in [1.165, 1.54) is 0 Å². The third kappa shape index (κ3) is 4.07. The summed E-state index contributed by atoms with van der Waals surface area (Å²) in [6.45, 7) is 2.13. The second-order valence-electron chi connectivity index (χ2n) is 6.55. The summed E-state index contributed by atoms with van der Waals surface area (Å²) in [4.78, 5) is 13.6. The minimum atomic E-state index is -1.67. The number of H-pyrrole nitrogens is 1. The van der Waals surface area contributed by atoms with E-state index in [2.05, 4.69) is 30.5 Å². The van der Waals surface area contributed by atoms with Crippen LogP contribution in [0.3, 0.4) is 0 Å². The van der Waals surface area contributed by atoms with Crippen LogP contribution in [0.1, 0.15) is 11.4 Å². The summed E-state index contributed by atoms with van der Waals surface area (Å²) in [6, 6.07) is 12.1. The highest BCUT2D eigenvalue weighted by Gasteiger charge is 2.16. The summed E-state index contributed by atoms with van der Waals surface area (Å²) in [6.07, 6.45) is 0. The molecule has 0 saturated heterocycles. The van der Waals surface area contributed by atoms with E-state index in [0.29, 0.717) is 51.1 Å². The maximum atomic E-state index is 11.8. The van der Waals surface area contributed by atoms with E-state index < -0.39 is 18.1 Å². The van der Waals surface area contributed by atoms with Gasteiger partial charge >= 0.3 is 7.12 Å². The van der Waals surface area contributed by atoms with Crippen LogP contribution in [0.5, 0.6) is 0 Å². The largest absolute Gasteiger partial charge is 0.488 e. The Balaban J connectivity index is 1.64. The van der Waals surface area contributed by atoms with Gasteiger partial charge in [0.15, 0.2) is 5.82 Å². The molecule has 1 unspecified atom stereocenters. The second-order valence-corrected chi connectivity index (χ2v) is 7.59. The Labute approximate surface area is 174 Å². The Hall–Kier alpha value is -3.19. The van der Waals surface area contributed by atoms with Gasteiger partial charge < -0.3 is 15.4 Å². The van der Waals surface area contributed by atoms with Crippen LogP contribution in [-0.4, -0.2) is 46.5 Å². The third-order valence-corrected chi connectivity index (χ3v) is 5.20. The lowest BCUT2D eigenvalue weighted by Gasteiger charge is -2.08. The molecule has 2 aromatic heterocycles. The van der Waals surface area contributed by atoms with Crippen LogP contribution in [0.4, 0.5) is 5.95 Å². The summed E-state index contributed by atoms with van der Waals surface area (Å²) in [5.74, 6) is 1.24. The first-order valence-electron chi connectivity index (χ1n) is 8.97. The molecule has 30 heavy (non-hydrogen) atoms. The van der Waals surface area contributed by atoms with Crippen molar-refractivity contribution in [3.63, 3.8) is 0 Å². The lowest BCUT2D eigenvalue weighted by Crippen LogP contribution is -2.30. The third-order valence-electron chi connectivity index (χ3n) is 4.44. The minimum absolute atomic E-state index is 0.355. The zero-order valence-corrected chi connectivity index (χ0v) is 16.7. The average molecular weight is 423 g/mol. The lowest BCUT2D eigenvalue weighted by atomic mass is 9.80. The molecule has 6 N–H and O–H groups in total. The van der Waals surface area contributed by atoms with Crippen LogP contribution in [0.15, 0.2) is 47.4 Å². The predicted octanol–water partition coefficient (Wildman–Crippen LogP) is -0.00348. The summed E-state index contributed by atoms with van der Waals surface area (Å²) in [5.41, 5.74) is 2.30. The number of anilines is 1. The molecule has 0 bridgehead atoms. The smallest absolute Gasteiger partial charge is 0.423 e. The number of nitrogens with zero attached hydrogens (tertiary/aromatic N) is 4. The van der Waals surface area contributed by atoms with E-state index in [1.54, 1.807) is 37.3 Å². The Morgan fingerprint density at radius 1 is 1.17 bits per heavy atom. The quantitative estimate of drug-likeness (QED) is 0.271. The zero-order valence-electron chi connectivity index (χ0n) is 15.9. The Bertz CT molecular complexity index is 1250. The van der Waals surface area contributed by atoms with Crippen molar-refractivity contribution in [1.82, 2.24) is 25.1 Å². The van der Waals surface area contributed by atoms with Crippen LogP contribution >= 0.6 is 0 Å². The summed E-state index contributed by atoms with van der Waals surface area (Å²) in [7, 11) is -3.20. The molecule has 152 valence electrons. The molecule has 2 heterocycles. The molecule has 0 saturated carbocycles. The molecule has 4 aromatic rings. The maximum absolute atomic E-state index is 11.8. The van der Waals surface area contributed by atoms with Crippen molar-refractivity contribution >= 4 is 40.4 Å². The molecule has 1 atom stereocenters. The molecule has 10 nitrogen and oxygen atoms in total. The molecule has 4 rings (SSSR count). The van der Waals surface area contributed by atoms with Crippen molar-refractivity contribution in [2.24, 2.45) is 5.14 Å². The number of nitrogens with two attached hydrogens (primary N) is 1. The SMILES string of the molecule is Cc1nc(NCc2cccc(B(O)O)c2)nc(-c2[nH]nc3c(S(N)=O)cccc23)n1. The first-order chi connectivity index (χ1) is 14.4. The first kappa shape index (κ1) is 20.1. The van der Waals surface area contributed by atoms with E-state index in [9.17, 15) is 14.3 Å². The Morgan fingerprint density at radius 3 is 2.73 bits per heavy atom. The maximum Gasteiger partial charge on any atom is 0.488 e. The van der Waals surface area contributed by atoms with Crippen LogP contribution in [0, 0.1) is 6.92 Å². The number of hydrogen-bond donors (Lipinski definition) is 5. The van der Waals surface area contributed by atoms with Crippen molar-refractivity contribution in [3.8, 4) is 11.5 Å². The topological polar surface area (TPSA) is 163 Å². The van der Waals surface area contributed by atoms with Gasteiger partial charge in [-0.2, -0.15) is 15.1 Å². The summed E-state index contributed by atoms with van der Waals surface area (Å²) >= 11 is 0. The van der Waals surface area contributed by atoms with Gasteiger partial charge in [-0.15, -0.1) is 0 Å². The highest BCUT2D eigenvalue weighted by molar-refractivity contribution is 7.83. The van der Waals surface area contributed by atoms with Crippen LogP contribution < -0.4 is 15.9 Å². The second kappa shape index (κ2) is 8.28. The molecule has 0 aliphatic rings. The molecule has 0 spiro atoms. The fraction of sp³-hybridized carbons (Fsp3) is 0.111. The van der Waals surface area contributed by atoms with E-state index in [1.807, 2.05) is 12.1 Å². The van der Waals surface area contributed by atoms with E-state index in [-0.39, 0.29) is 0 Å². The molecule has 12 heteroatoms. The van der Waals surface area contributed by atoms with Gasteiger partial charge in [-0.25, -0.2) is 14.3 Å². The van der Waals surface area contributed by atoms with Crippen LogP contribution in [-0.2, 0) is 17.5 Å². The Kier molecular flexibility index (Phi) is 5.55. The molecule has 0 amide bonds. The number of nitrogens with one attached hydrogen (secondary N) is 2. The number of fused-ring (bicyclic) bond motifs is 1. The van der Waals surface area contributed by atoms with E-state index in [0.717, 1.165) is 5.56 Å². The number of aromatic amines is 1. The highest BCUT2D eigenvalue weighted by atomic mass is 32.2. The van der Waals surface area contributed by atoms with Gasteiger partial charge in [-0.05, 0) is 24.0 Å². The number of hydrogen-bond acceptors (Lipinski definition) is 8. The first-order valence-corrected chi connectivity index (χ1v) is 10.2. The predicted molar refractivity (Wildman–Crippen MR) is 114 cm³/mol. The van der Waals surface area contributed by atoms with Crippen molar-refractivity contribution in [3.05, 3.63) is 53.9 Å². The lowest BCUT2D eigenvalue weighted by molar-refractivity contribution is 0.425. The van der Waals surface area contributed by atoms with Gasteiger partial charge in [0, 0.05) is 11.9 Å². The summed E-state index contributed by atoms with van der Waals surface area (Å²) < 4.78 is 11.8. The molecule has 0 aliphatic heterocycles. The Morgan fingerprint density at radius 2 is 1.97 bits per heavy atom. The van der Waals surface area contributed by atoms with Gasteiger partial charge in [0.05, 0.1) is 4.90 Å². The van der Waals surface area contributed by atoms with E-state index in [4.69, 9.17) is 5.14 Å². The molecule has 0 fully saturated rings. The van der Waals surface area contributed by atoms with Gasteiger partial charge in [0.1, 0.15) is 28.0 Å². The molecular formula is C18H18BN7O3S. The van der Waals surface area contributed by atoms with Gasteiger partial charge in [-0.1, -0.05) is 36.4 Å². The fourth-order valence-electron chi connectivity index (χ4n) is 3.06. The number of aryl methyl sites for hydroxylation is 1. The number of rotatable bonds is 6. The minimum Gasteiger partial charge on any atom is -0.423 e. The van der Waals surface area contributed by atoms with Crippen molar-refractivity contribution in [2.45, 2.75) is 18.4 Å². The zero-order chi connectivity index (χ0) is 21.3. The molecule has 0 aliphatic carbocycles. The normalized spacial score (nSPS) is 12.1. The molecule has 0 radical (unpaired) electrons. The van der Waals surface area contributed by atoms with Crippen molar-refractivity contribution in [2.75, 3.05) is 5.32 Å². The van der Waals surface area contributed by atoms with Gasteiger partial charge in [0.2, 0.25) is 5.95 Å². The van der Waals surface area contributed by atoms with E-state index >= 15 is 0 Å². The monoisotopic (exact) mass is 423 g/mol. The number of aromatic nitrogens is 5. The fourth-order valence-corrected chi connectivity index (χ4v) is 3.62. The molecular weight excluding hydrogens is 405 g/mol. The van der Waals surface area contributed by atoms with Gasteiger partial charge in [0.25, 0.3) is 0 Å². The van der Waals surface area contributed by atoms with Crippen molar-refractivity contribution in [1.29, 1.82) is 0 Å². The van der Waals surface area contributed by atoms with Crippen LogP contribution in [0.25, 0.3) is 22.4 Å². The highest BCUT2D eigenvalue weighted by Crippen LogP contribution is 2.27.